The lowest BCUT2D eigenvalue weighted by atomic mass is 9.99. The third-order valence-corrected chi connectivity index (χ3v) is 4.63. The molecule has 0 unspecified atom stereocenters. The van der Waals surface area contributed by atoms with Gasteiger partial charge in [-0.3, -0.25) is 9.78 Å². The molecule has 0 saturated carbocycles. The van der Waals surface area contributed by atoms with Gasteiger partial charge >= 0.3 is 0 Å². The topological polar surface area (TPSA) is 42.4 Å². The van der Waals surface area contributed by atoms with E-state index in [1.807, 2.05) is 53.4 Å². The molecule has 3 aromatic rings. The van der Waals surface area contributed by atoms with Gasteiger partial charge in [-0.25, -0.2) is 0 Å². The van der Waals surface area contributed by atoms with Crippen molar-refractivity contribution in [1.29, 1.82) is 0 Å². The van der Waals surface area contributed by atoms with E-state index in [-0.39, 0.29) is 5.91 Å². The number of amides is 1. The molecule has 1 aliphatic rings. The van der Waals surface area contributed by atoms with E-state index in [4.69, 9.17) is 4.74 Å². The van der Waals surface area contributed by atoms with E-state index in [1.165, 1.54) is 5.56 Å². The molecule has 0 radical (unpaired) electrons. The lowest BCUT2D eigenvalue weighted by molar-refractivity contribution is 0.0734. The predicted molar refractivity (Wildman–Crippen MR) is 101 cm³/mol. The maximum absolute atomic E-state index is 13.3. The largest absolute Gasteiger partial charge is 0.491 e. The van der Waals surface area contributed by atoms with Gasteiger partial charge in [0.15, 0.2) is 0 Å². The van der Waals surface area contributed by atoms with Gasteiger partial charge in [0.25, 0.3) is 5.91 Å². The first-order valence-corrected chi connectivity index (χ1v) is 8.73. The Kier molecular flexibility index (Phi) is 4.40. The molecule has 4 nitrogen and oxygen atoms in total. The summed E-state index contributed by atoms with van der Waals surface area (Å²) in [6.45, 7) is 3.67. The van der Waals surface area contributed by atoms with Crippen LogP contribution in [0, 0.1) is 6.92 Å². The highest BCUT2D eigenvalue weighted by Crippen LogP contribution is 2.28. The molecule has 0 fully saturated rings. The minimum absolute atomic E-state index is 0.0235. The third-order valence-electron chi connectivity index (χ3n) is 4.63. The number of ether oxygens (including phenoxy) is 1. The summed E-state index contributed by atoms with van der Waals surface area (Å²) in [6, 6.07) is 17.7. The molecule has 0 atom stereocenters. The van der Waals surface area contributed by atoms with E-state index >= 15 is 0 Å². The fraction of sp³-hybridized carbons (Fsp3) is 0.182. The Labute approximate surface area is 153 Å². The summed E-state index contributed by atoms with van der Waals surface area (Å²) in [6.07, 6.45) is 3.49. The highest BCUT2D eigenvalue weighted by atomic mass is 16.5. The van der Waals surface area contributed by atoms with E-state index in [2.05, 4.69) is 18.0 Å². The Morgan fingerprint density at radius 1 is 1.08 bits per heavy atom. The van der Waals surface area contributed by atoms with E-state index in [9.17, 15) is 4.79 Å². The Balaban J connectivity index is 1.68. The Bertz CT molecular complexity index is 938. The number of benzene rings is 2. The van der Waals surface area contributed by atoms with Crippen LogP contribution in [0.2, 0.25) is 0 Å². The summed E-state index contributed by atoms with van der Waals surface area (Å²) in [4.78, 5) is 19.2. The van der Waals surface area contributed by atoms with Crippen molar-refractivity contribution in [2.24, 2.45) is 0 Å². The number of rotatable bonds is 2. The van der Waals surface area contributed by atoms with Gasteiger partial charge in [-0.15, -0.1) is 0 Å². The molecule has 1 aromatic heterocycles. The third kappa shape index (κ3) is 3.18. The molecular formula is C22H20N2O2. The second kappa shape index (κ2) is 7.00. The molecule has 1 aliphatic heterocycles. The first kappa shape index (κ1) is 16.3. The van der Waals surface area contributed by atoms with Crippen molar-refractivity contribution in [2.75, 3.05) is 13.2 Å². The van der Waals surface area contributed by atoms with Gasteiger partial charge in [0.1, 0.15) is 12.4 Å². The standard InChI is InChI=1S/C22H20N2O2/c1-16-6-7-21-18(14-16)15-24(12-13-26-21)22(25)20-5-3-2-4-19(20)17-8-10-23-11-9-17/h2-11,14H,12-13,15H2,1H3. The van der Waals surface area contributed by atoms with Gasteiger partial charge in [0.05, 0.1) is 6.54 Å². The first-order valence-electron chi connectivity index (χ1n) is 8.73. The molecule has 2 heterocycles. The van der Waals surface area contributed by atoms with Gasteiger partial charge < -0.3 is 9.64 Å². The lowest BCUT2D eigenvalue weighted by Crippen LogP contribution is -2.32. The van der Waals surface area contributed by atoms with E-state index in [0.29, 0.717) is 25.3 Å². The number of aryl methyl sites for hydroxylation is 1. The summed E-state index contributed by atoms with van der Waals surface area (Å²) in [5, 5.41) is 0. The summed E-state index contributed by atoms with van der Waals surface area (Å²) >= 11 is 0. The average molecular weight is 344 g/mol. The van der Waals surface area contributed by atoms with Crippen LogP contribution in [0.25, 0.3) is 11.1 Å². The van der Waals surface area contributed by atoms with Gasteiger partial charge in [-0.05, 0) is 42.3 Å². The molecule has 4 rings (SSSR count). The monoisotopic (exact) mass is 344 g/mol. The van der Waals surface area contributed by atoms with Crippen molar-refractivity contribution in [1.82, 2.24) is 9.88 Å². The molecule has 4 heteroatoms. The molecule has 2 aromatic carbocycles. The molecule has 130 valence electrons. The van der Waals surface area contributed by atoms with Gasteiger partial charge in [0, 0.05) is 30.1 Å². The van der Waals surface area contributed by atoms with Crippen LogP contribution in [0.1, 0.15) is 21.5 Å². The smallest absolute Gasteiger partial charge is 0.254 e. The van der Waals surface area contributed by atoms with Crippen molar-refractivity contribution in [3.05, 3.63) is 83.7 Å². The summed E-state index contributed by atoms with van der Waals surface area (Å²) < 4.78 is 5.83. The van der Waals surface area contributed by atoms with Crippen LogP contribution in [0.15, 0.2) is 67.0 Å². The summed E-state index contributed by atoms with van der Waals surface area (Å²) in [7, 11) is 0. The second-order valence-electron chi connectivity index (χ2n) is 6.47. The van der Waals surface area contributed by atoms with Crippen LogP contribution in [0.5, 0.6) is 5.75 Å². The van der Waals surface area contributed by atoms with E-state index < -0.39 is 0 Å². The first-order chi connectivity index (χ1) is 12.7. The number of aromatic nitrogens is 1. The Morgan fingerprint density at radius 2 is 1.88 bits per heavy atom. The zero-order chi connectivity index (χ0) is 17.9. The minimum atomic E-state index is 0.0235. The van der Waals surface area contributed by atoms with Gasteiger partial charge in [0.2, 0.25) is 0 Å². The van der Waals surface area contributed by atoms with Crippen LogP contribution in [0.4, 0.5) is 0 Å². The van der Waals surface area contributed by atoms with E-state index in [0.717, 1.165) is 22.4 Å². The average Bonchev–Trinajstić information content (AvgIpc) is 2.90. The van der Waals surface area contributed by atoms with Crippen molar-refractivity contribution in [2.45, 2.75) is 13.5 Å². The minimum Gasteiger partial charge on any atom is -0.491 e. The van der Waals surface area contributed by atoms with Gasteiger partial charge in [-0.2, -0.15) is 0 Å². The number of carbonyl (C=O) groups excluding carboxylic acids is 1. The highest BCUT2D eigenvalue weighted by Gasteiger charge is 2.23. The normalized spacial score (nSPS) is 13.5. The number of hydrogen-bond donors (Lipinski definition) is 0. The quantitative estimate of drug-likeness (QED) is 0.703. The van der Waals surface area contributed by atoms with Crippen LogP contribution in [-0.2, 0) is 6.54 Å². The van der Waals surface area contributed by atoms with Crippen LogP contribution >= 0.6 is 0 Å². The molecular weight excluding hydrogens is 324 g/mol. The fourth-order valence-electron chi connectivity index (χ4n) is 3.32. The number of carbonyl (C=O) groups is 1. The van der Waals surface area contributed by atoms with Crippen molar-refractivity contribution in [3.63, 3.8) is 0 Å². The van der Waals surface area contributed by atoms with Gasteiger partial charge in [-0.1, -0.05) is 35.9 Å². The predicted octanol–water partition coefficient (Wildman–Crippen LogP) is 4.09. The highest BCUT2D eigenvalue weighted by molar-refractivity contribution is 6.00. The van der Waals surface area contributed by atoms with Crippen molar-refractivity contribution < 1.29 is 9.53 Å². The summed E-state index contributed by atoms with van der Waals surface area (Å²) in [5.74, 6) is 0.892. The molecule has 0 saturated heterocycles. The fourth-order valence-corrected chi connectivity index (χ4v) is 3.32. The number of pyridine rings is 1. The molecule has 26 heavy (non-hydrogen) atoms. The number of hydrogen-bond acceptors (Lipinski definition) is 3. The molecule has 0 spiro atoms. The second-order valence-corrected chi connectivity index (χ2v) is 6.47. The van der Waals surface area contributed by atoms with Crippen LogP contribution in [-0.4, -0.2) is 28.9 Å². The maximum atomic E-state index is 13.3. The zero-order valence-corrected chi connectivity index (χ0v) is 14.7. The molecule has 0 N–H and O–H groups in total. The molecule has 1 amide bonds. The zero-order valence-electron chi connectivity index (χ0n) is 14.7. The molecule has 0 aliphatic carbocycles. The Morgan fingerprint density at radius 3 is 2.73 bits per heavy atom. The number of fused-ring (bicyclic) bond motifs is 1. The lowest BCUT2D eigenvalue weighted by Gasteiger charge is -2.21. The number of nitrogens with zero attached hydrogens (tertiary/aromatic N) is 2. The van der Waals surface area contributed by atoms with Crippen molar-refractivity contribution >= 4 is 5.91 Å². The Hall–Kier alpha value is -3.14. The van der Waals surface area contributed by atoms with Crippen molar-refractivity contribution in [3.8, 4) is 16.9 Å². The van der Waals surface area contributed by atoms with E-state index in [1.54, 1.807) is 12.4 Å². The van der Waals surface area contributed by atoms with Crippen LogP contribution in [0.3, 0.4) is 0 Å². The van der Waals surface area contributed by atoms with Crippen LogP contribution < -0.4 is 4.74 Å². The SMILES string of the molecule is Cc1ccc2c(c1)CN(C(=O)c1ccccc1-c1ccncc1)CCO2. The summed E-state index contributed by atoms with van der Waals surface area (Å²) in [5.41, 5.74) is 4.84. The maximum Gasteiger partial charge on any atom is 0.254 e. The molecule has 0 bridgehead atoms.